The Balaban J connectivity index is 1.41. The van der Waals surface area contributed by atoms with Gasteiger partial charge in [0.1, 0.15) is 5.60 Å². The highest BCUT2D eigenvalue weighted by molar-refractivity contribution is 4.93. The first kappa shape index (κ1) is 14.8. The van der Waals surface area contributed by atoms with Crippen LogP contribution in [0.25, 0.3) is 0 Å². The molecular weight excluding hydrogens is 254 g/mol. The van der Waals surface area contributed by atoms with Gasteiger partial charge < -0.3 is 19.5 Å². The third-order valence-corrected chi connectivity index (χ3v) is 5.42. The fraction of sp³-hybridized carbons (Fsp3) is 1.00. The van der Waals surface area contributed by atoms with Crippen LogP contribution >= 0.6 is 0 Å². The molecule has 1 aliphatic carbocycles. The molecule has 20 heavy (non-hydrogen) atoms. The molecule has 0 amide bonds. The van der Waals surface area contributed by atoms with E-state index in [-0.39, 0.29) is 11.2 Å². The molecule has 1 spiro atoms. The quantitative estimate of drug-likeness (QED) is 0.840. The fourth-order valence-corrected chi connectivity index (χ4v) is 4.03. The van der Waals surface area contributed by atoms with Crippen LogP contribution < -0.4 is 5.32 Å². The van der Waals surface area contributed by atoms with Gasteiger partial charge in [0, 0.05) is 33.2 Å². The molecule has 4 heteroatoms. The molecule has 1 N–H and O–H groups in total. The predicted molar refractivity (Wildman–Crippen MR) is 78.0 cm³/mol. The molecule has 3 fully saturated rings. The highest BCUT2D eigenvalue weighted by Gasteiger charge is 2.41. The Kier molecular flexibility index (Phi) is 4.65. The lowest BCUT2D eigenvalue weighted by Gasteiger charge is -2.33. The minimum atomic E-state index is -0.110. The molecule has 0 aromatic rings. The largest absolute Gasteiger partial charge is 0.378 e. The van der Waals surface area contributed by atoms with Crippen LogP contribution in [0.15, 0.2) is 0 Å². The van der Waals surface area contributed by atoms with E-state index >= 15 is 0 Å². The summed E-state index contributed by atoms with van der Waals surface area (Å²) in [6.45, 7) is 3.35. The van der Waals surface area contributed by atoms with E-state index in [2.05, 4.69) is 5.32 Å². The topological polar surface area (TPSA) is 39.7 Å². The van der Waals surface area contributed by atoms with Crippen molar-refractivity contribution in [1.82, 2.24) is 5.32 Å². The Morgan fingerprint density at radius 1 is 1.15 bits per heavy atom. The summed E-state index contributed by atoms with van der Waals surface area (Å²) in [5.74, 6) is 0. The van der Waals surface area contributed by atoms with E-state index in [0.717, 1.165) is 26.1 Å². The Bertz CT molecular complexity index is 309. The number of methoxy groups -OCH3 is 1. The Morgan fingerprint density at radius 3 is 2.70 bits per heavy atom. The SMILES string of the molecule is COC1(CNCC2CCC3(CCCCC3)O2)CCOC1. The monoisotopic (exact) mass is 283 g/mol. The lowest BCUT2D eigenvalue weighted by molar-refractivity contribution is -0.0652. The molecule has 3 rings (SSSR count). The maximum Gasteiger partial charge on any atom is 0.106 e. The fourth-order valence-electron chi connectivity index (χ4n) is 4.03. The van der Waals surface area contributed by atoms with Gasteiger partial charge >= 0.3 is 0 Å². The first-order valence-electron chi connectivity index (χ1n) is 8.27. The van der Waals surface area contributed by atoms with Gasteiger partial charge in [-0.25, -0.2) is 0 Å². The number of ether oxygens (including phenoxy) is 3. The molecule has 0 radical (unpaired) electrons. The van der Waals surface area contributed by atoms with E-state index in [9.17, 15) is 0 Å². The second-order valence-corrected chi connectivity index (χ2v) is 6.84. The van der Waals surface area contributed by atoms with Crippen molar-refractivity contribution in [1.29, 1.82) is 0 Å². The highest BCUT2D eigenvalue weighted by Crippen LogP contribution is 2.41. The average Bonchev–Trinajstić information content (AvgIpc) is 3.09. The molecule has 2 aliphatic heterocycles. The average molecular weight is 283 g/mol. The number of nitrogens with one attached hydrogen (secondary N) is 1. The standard InChI is InChI=1S/C16H29NO3/c1-18-16(9-10-19-13-16)12-17-11-14-5-8-15(20-14)6-3-2-4-7-15/h14,17H,2-13H2,1H3. The third kappa shape index (κ3) is 3.19. The van der Waals surface area contributed by atoms with Crippen molar-refractivity contribution in [3.05, 3.63) is 0 Å². The van der Waals surface area contributed by atoms with Gasteiger partial charge in [-0.1, -0.05) is 19.3 Å². The Hall–Kier alpha value is -0.160. The maximum absolute atomic E-state index is 6.39. The third-order valence-electron chi connectivity index (χ3n) is 5.42. The zero-order valence-corrected chi connectivity index (χ0v) is 12.8. The van der Waals surface area contributed by atoms with Crippen molar-refractivity contribution in [3.63, 3.8) is 0 Å². The lowest BCUT2D eigenvalue weighted by Crippen LogP contribution is -2.45. The first-order chi connectivity index (χ1) is 9.76. The summed E-state index contributed by atoms with van der Waals surface area (Å²) in [6.07, 6.45) is 10.5. The summed E-state index contributed by atoms with van der Waals surface area (Å²) in [6, 6.07) is 0. The van der Waals surface area contributed by atoms with Crippen molar-refractivity contribution >= 4 is 0 Å². The maximum atomic E-state index is 6.39. The van der Waals surface area contributed by atoms with Crippen molar-refractivity contribution in [3.8, 4) is 0 Å². The van der Waals surface area contributed by atoms with Crippen LogP contribution in [0, 0.1) is 0 Å². The van der Waals surface area contributed by atoms with Gasteiger partial charge in [0.25, 0.3) is 0 Å². The van der Waals surface area contributed by atoms with Gasteiger partial charge in [-0.3, -0.25) is 0 Å². The van der Waals surface area contributed by atoms with Crippen LogP contribution in [0.5, 0.6) is 0 Å². The summed E-state index contributed by atoms with van der Waals surface area (Å²) >= 11 is 0. The molecule has 0 aromatic heterocycles. The zero-order chi connectivity index (χ0) is 13.9. The van der Waals surface area contributed by atoms with Crippen LogP contribution in [0.4, 0.5) is 0 Å². The van der Waals surface area contributed by atoms with E-state index in [4.69, 9.17) is 14.2 Å². The van der Waals surface area contributed by atoms with E-state index in [0.29, 0.717) is 12.7 Å². The number of hydrogen-bond donors (Lipinski definition) is 1. The zero-order valence-electron chi connectivity index (χ0n) is 12.8. The minimum absolute atomic E-state index is 0.110. The smallest absolute Gasteiger partial charge is 0.106 e. The molecule has 3 aliphatic rings. The van der Waals surface area contributed by atoms with E-state index in [1.54, 1.807) is 7.11 Å². The van der Waals surface area contributed by atoms with Gasteiger partial charge in [0.2, 0.25) is 0 Å². The molecule has 2 saturated heterocycles. The van der Waals surface area contributed by atoms with Crippen LogP contribution in [0.3, 0.4) is 0 Å². The van der Waals surface area contributed by atoms with Crippen molar-refractivity contribution < 1.29 is 14.2 Å². The van der Waals surface area contributed by atoms with E-state index in [1.165, 1.54) is 44.9 Å². The molecule has 4 nitrogen and oxygen atoms in total. The second-order valence-electron chi connectivity index (χ2n) is 6.84. The number of hydrogen-bond acceptors (Lipinski definition) is 4. The van der Waals surface area contributed by atoms with Crippen LogP contribution in [0.2, 0.25) is 0 Å². The summed E-state index contributed by atoms with van der Waals surface area (Å²) in [5.41, 5.74) is 0.126. The van der Waals surface area contributed by atoms with Crippen molar-refractivity contribution in [2.45, 2.75) is 68.7 Å². The molecule has 0 aromatic carbocycles. The van der Waals surface area contributed by atoms with Gasteiger partial charge in [-0.15, -0.1) is 0 Å². The molecule has 0 bridgehead atoms. The lowest BCUT2D eigenvalue weighted by atomic mass is 9.83. The highest BCUT2D eigenvalue weighted by atomic mass is 16.5. The summed E-state index contributed by atoms with van der Waals surface area (Å²) in [4.78, 5) is 0. The van der Waals surface area contributed by atoms with Crippen LogP contribution in [-0.4, -0.2) is 50.7 Å². The van der Waals surface area contributed by atoms with Crippen LogP contribution in [0.1, 0.15) is 51.4 Å². The van der Waals surface area contributed by atoms with Gasteiger partial charge in [0.05, 0.1) is 18.3 Å². The molecule has 2 unspecified atom stereocenters. The first-order valence-corrected chi connectivity index (χ1v) is 8.27. The molecule has 2 heterocycles. The Morgan fingerprint density at radius 2 is 2.00 bits per heavy atom. The molecule has 2 atom stereocenters. The summed E-state index contributed by atoms with van der Waals surface area (Å²) in [5, 5.41) is 3.55. The minimum Gasteiger partial charge on any atom is -0.378 e. The van der Waals surface area contributed by atoms with Crippen molar-refractivity contribution in [2.24, 2.45) is 0 Å². The van der Waals surface area contributed by atoms with Crippen LogP contribution in [-0.2, 0) is 14.2 Å². The predicted octanol–water partition coefficient (Wildman–Crippen LogP) is 2.26. The number of rotatable bonds is 5. The van der Waals surface area contributed by atoms with Gasteiger partial charge in [0.15, 0.2) is 0 Å². The second kappa shape index (κ2) is 6.30. The molecule has 116 valence electrons. The Labute approximate surface area is 122 Å². The van der Waals surface area contributed by atoms with Gasteiger partial charge in [-0.2, -0.15) is 0 Å². The normalized spacial score (nSPS) is 36.8. The summed E-state index contributed by atoms with van der Waals surface area (Å²) < 4.78 is 17.5. The van der Waals surface area contributed by atoms with E-state index in [1.807, 2.05) is 0 Å². The van der Waals surface area contributed by atoms with E-state index < -0.39 is 0 Å². The molecule has 1 saturated carbocycles. The molecular formula is C16H29NO3. The summed E-state index contributed by atoms with van der Waals surface area (Å²) in [7, 11) is 1.79. The van der Waals surface area contributed by atoms with Gasteiger partial charge in [-0.05, 0) is 25.7 Å². The van der Waals surface area contributed by atoms with Crippen molar-refractivity contribution in [2.75, 3.05) is 33.4 Å².